The summed E-state index contributed by atoms with van der Waals surface area (Å²) in [4.78, 5) is 14.3. The predicted octanol–water partition coefficient (Wildman–Crippen LogP) is 2.17. The van der Waals surface area contributed by atoms with Crippen LogP contribution in [0.1, 0.15) is 51.9 Å². The fourth-order valence-electron chi connectivity index (χ4n) is 3.34. The molecule has 3 unspecified atom stereocenters. The van der Waals surface area contributed by atoms with E-state index in [1.165, 1.54) is 38.5 Å². The lowest BCUT2D eigenvalue weighted by Gasteiger charge is -2.36. The molecule has 1 heterocycles. The van der Waals surface area contributed by atoms with Gasteiger partial charge in [0.1, 0.15) is 0 Å². The topological polar surface area (TPSA) is 32.3 Å². The summed E-state index contributed by atoms with van der Waals surface area (Å²) in [5.74, 6) is 1.01. The molecule has 3 nitrogen and oxygen atoms in total. The normalized spacial score (nSPS) is 33.6. The lowest BCUT2D eigenvalue weighted by atomic mass is 9.85. The third-order valence-corrected chi connectivity index (χ3v) is 4.54. The van der Waals surface area contributed by atoms with Gasteiger partial charge in [-0.1, -0.05) is 19.8 Å². The molecule has 1 aliphatic carbocycles. The zero-order chi connectivity index (χ0) is 12.3. The molecule has 0 radical (unpaired) electrons. The number of carbonyl (C=O) groups is 1. The van der Waals surface area contributed by atoms with Crippen molar-refractivity contribution in [2.24, 2.45) is 5.92 Å². The minimum absolute atomic E-state index is 0.336. The second-order valence-electron chi connectivity index (χ2n) is 5.83. The molecule has 1 aliphatic heterocycles. The second kappa shape index (κ2) is 5.85. The Hall–Kier alpha value is -0.570. The third kappa shape index (κ3) is 3.21. The van der Waals surface area contributed by atoms with E-state index in [1.807, 2.05) is 11.9 Å². The van der Waals surface area contributed by atoms with E-state index >= 15 is 0 Å². The first kappa shape index (κ1) is 12.9. The molecule has 0 aromatic rings. The highest BCUT2D eigenvalue weighted by Crippen LogP contribution is 2.28. The van der Waals surface area contributed by atoms with Crippen LogP contribution in [0.15, 0.2) is 0 Å². The van der Waals surface area contributed by atoms with Gasteiger partial charge in [0.2, 0.25) is 5.91 Å². The monoisotopic (exact) mass is 238 g/mol. The molecular formula is C14H26N2O. The first-order chi connectivity index (χ1) is 8.18. The molecule has 0 spiro atoms. The van der Waals surface area contributed by atoms with Crippen LogP contribution in [0, 0.1) is 5.92 Å². The van der Waals surface area contributed by atoms with E-state index in [0.29, 0.717) is 30.3 Å². The summed E-state index contributed by atoms with van der Waals surface area (Å²) in [7, 11) is 2.00. The number of hydrogen-bond acceptors (Lipinski definition) is 2. The summed E-state index contributed by atoms with van der Waals surface area (Å²) in [5, 5.41) is 3.41. The highest BCUT2D eigenvalue weighted by Gasteiger charge is 2.29. The van der Waals surface area contributed by atoms with Gasteiger partial charge in [-0.25, -0.2) is 0 Å². The number of nitrogens with zero attached hydrogens (tertiary/aromatic N) is 1. The molecule has 0 aromatic heterocycles. The average Bonchev–Trinajstić information content (AvgIpc) is 2.81. The SMILES string of the molecule is CC1CCCCC1N(C)C(=O)CC1CCCN1. The zero-order valence-corrected chi connectivity index (χ0v) is 11.2. The Bertz CT molecular complexity index is 261. The molecule has 3 heteroatoms. The lowest BCUT2D eigenvalue weighted by molar-refractivity contribution is -0.134. The maximum absolute atomic E-state index is 12.2. The average molecular weight is 238 g/mol. The first-order valence-corrected chi connectivity index (χ1v) is 7.17. The quantitative estimate of drug-likeness (QED) is 0.817. The molecular weight excluding hydrogens is 212 g/mol. The summed E-state index contributed by atoms with van der Waals surface area (Å²) in [6.07, 6.45) is 8.19. The van der Waals surface area contributed by atoms with Gasteiger partial charge in [-0.2, -0.15) is 0 Å². The summed E-state index contributed by atoms with van der Waals surface area (Å²) < 4.78 is 0. The van der Waals surface area contributed by atoms with Crippen LogP contribution in [-0.2, 0) is 4.79 Å². The van der Waals surface area contributed by atoms with Crippen molar-refractivity contribution in [3.05, 3.63) is 0 Å². The Morgan fingerprint density at radius 2 is 2.00 bits per heavy atom. The maximum atomic E-state index is 12.2. The Labute approximate surface area is 105 Å². The van der Waals surface area contributed by atoms with E-state index in [1.54, 1.807) is 0 Å². The van der Waals surface area contributed by atoms with Crippen molar-refractivity contribution < 1.29 is 4.79 Å². The highest BCUT2D eigenvalue weighted by atomic mass is 16.2. The van der Waals surface area contributed by atoms with E-state index in [-0.39, 0.29) is 0 Å². The van der Waals surface area contributed by atoms with E-state index in [4.69, 9.17) is 0 Å². The molecule has 3 atom stereocenters. The molecule has 2 aliphatic rings. The molecule has 0 bridgehead atoms. The van der Waals surface area contributed by atoms with Crippen molar-refractivity contribution in [3.63, 3.8) is 0 Å². The van der Waals surface area contributed by atoms with Crippen LogP contribution in [0.5, 0.6) is 0 Å². The van der Waals surface area contributed by atoms with Crippen molar-refractivity contribution in [2.45, 2.75) is 64.0 Å². The summed E-state index contributed by atoms with van der Waals surface area (Å²) >= 11 is 0. The largest absolute Gasteiger partial charge is 0.342 e. The van der Waals surface area contributed by atoms with Crippen molar-refractivity contribution in [1.29, 1.82) is 0 Å². The minimum atomic E-state index is 0.336. The van der Waals surface area contributed by atoms with Gasteiger partial charge in [-0.3, -0.25) is 4.79 Å². The fourth-order valence-corrected chi connectivity index (χ4v) is 3.34. The number of rotatable bonds is 3. The minimum Gasteiger partial charge on any atom is -0.342 e. The smallest absolute Gasteiger partial charge is 0.224 e. The third-order valence-electron chi connectivity index (χ3n) is 4.54. The van der Waals surface area contributed by atoms with E-state index in [9.17, 15) is 4.79 Å². The van der Waals surface area contributed by atoms with Crippen LogP contribution in [0.4, 0.5) is 0 Å². The molecule has 1 saturated heterocycles. The number of nitrogens with one attached hydrogen (secondary N) is 1. The van der Waals surface area contributed by atoms with Gasteiger partial charge in [-0.15, -0.1) is 0 Å². The van der Waals surface area contributed by atoms with Gasteiger partial charge in [0.15, 0.2) is 0 Å². The maximum Gasteiger partial charge on any atom is 0.224 e. The molecule has 17 heavy (non-hydrogen) atoms. The van der Waals surface area contributed by atoms with Gasteiger partial charge in [0.05, 0.1) is 0 Å². The van der Waals surface area contributed by atoms with Crippen LogP contribution in [0.25, 0.3) is 0 Å². The van der Waals surface area contributed by atoms with Crippen molar-refractivity contribution in [1.82, 2.24) is 10.2 Å². The molecule has 2 fully saturated rings. The lowest BCUT2D eigenvalue weighted by Crippen LogP contribution is -2.44. The molecule has 1 N–H and O–H groups in total. The molecule has 0 aromatic carbocycles. The van der Waals surface area contributed by atoms with Crippen LogP contribution in [-0.4, -0.2) is 36.5 Å². The van der Waals surface area contributed by atoms with Crippen LogP contribution in [0.2, 0.25) is 0 Å². The van der Waals surface area contributed by atoms with Crippen molar-refractivity contribution >= 4 is 5.91 Å². The number of carbonyl (C=O) groups excluding carboxylic acids is 1. The first-order valence-electron chi connectivity index (χ1n) is 7.17. The van der Waals surface area contributed by atoms with Gasteiger partial charge >= 0.3 is 0 Å². The van der Waals surface area contributed by atoms with Crippen LogP contribution in [0.3, 0.4) is 0 Å². The van der Waals surface area contributed by atoms with E-state index in [2.05, 4.69) is 12.2 Å². The van der Waals surface area contributed by atoms with Crippen LogP contribution >= 0.6 is 0 Å². The van der Waals surface area contributed by atoms with Crippen LogP contribution < -0.4 is 5.32 Å². The van der Waals surface area contributed by atoms with Crippen molar-refractivity contribution in [3.8, 4) is 0 Å². The molecule has 98 valence electrons. The Morgan fingerprint density at radius 1 is 1.24 bits per heavy atom. The predicted molar refractivity (Wildman–Crippen MR) is 69.8 cm³/mol. The van der Waals surface area contributed by atoms with Gasteiger partial charge in [0, 0.05) is 25.6 Å². The zero-order valence-electron chi connectivity index (χ0n) is 11.2. The fraction of sp³-hybridized carbons (Fsp3) is 0.929. The van der Waals surface area contributed by atoms with E-state index in [0.717, 1.165) is 6.54 Å². The Morgan fingerprint density at radius 3 is 2.65 bits per heavy atom. The number of hydrogen-bond donors (Lipinski definition) is 1. The van der Waals surface area contributed by atoms with Crippen molar-refractivity contribution in [2.75, 3.05) is 13.6 Å². The second-order valence-corrected chi connectivity index (χ2v) is 5.83. The number of amides is 1. The summed E-state index contributed by atoms with van der Waals surface area (Å²) in [5.41, 5.74) is 0. The summed E-state index contributed by atoms with van der Waals surface area (Å²) in [6, 6.07) is 0.918. The Kier molecular flexibility index (Phi) is 4.43. The van der Waals surface area contributed by atoms with Gasteiger partial charge in [0.25, 0.3) is 0 Å². The van der Waals surface area contributed by atoms with E-state index < -0.39 is 0 Å². The Balaban J connectivity index is 1.84. The van der Waals surface area contributed by atoms with Gasteiger partial charge < -0.3 is 10.2 Å². The standard InChI is InChI=1S/C14H26N2O/c1-11-6-3-4-8-13(11)16(2)14(17)10-12-7-5-9-15-12/h11-13,15H,3-10H2,1-2H3. The van der Waals surface area contributed by atoms with Gasteiger partial charge in [-0.05, 0) is 38.1 Å². The summed E-state index contributed by atoms with van der Waals surface area (Å²) in [6.45, 7) is 3.38. The highest BCUT2D eigenvalue weighted by molar-refractivity contribution is 5.77. The molecule has 1 amide bonds. The molecule has 1 saturated carbocycles. The molecule has 2 rings (SSSR count).